The van der Waals surface area contributed by atoms with Gasteiger partial charge in [-0.2, -0.15) is 0 Å². The highest BCUT2D eigenvalue weighted by atomic mass is 32.1. The van der Waals surface area contributed by atoms with Gasteiger partial charge in [-0.05, 0) is 67.8 Å². The van der Waals surface area contributed by atoms with Gasteiger partial charge in [-0.15, -0.1) is 11.3 Å². The van der Waals surface area contributed by atoms with E-state index in [2.05, 4.69) is 37.4 Å². The first-order chi connectivity index (χ1) is 15.1. The molecule has 1 aliphatic heterocycles. The van der Waals surface area contributed by atoms with Crippen LogP contribution in [0.2, 0.25) is 0 Å². The van der Waals surface area contributed by atoms with Gasteiger partial charge in [0.1, 0.15) is 18.9 Å². The van der Waals surface area contributed by atoms with Crippen LogP contribution in [0.1, 0.15) is 75.9 Å². The fraction of sp³-hybridized carbons (Fsp3) is 0.538. The summed E-state index contributed by atoms with van der Waals surface area (Å²) in [5, 5.41) is 2.09. The molecule has 3 rings (SSSR count). The Kier molecular flexibility index (Phi) is 7.65. The fourth-order valence-corrected chi connectivity index (χ4v) is 5.04. The number of fused-ring (bicyclic) bond motifs is 1. The van der Waals surface area contributed by atoms with E-state index in [0.29, 0.717) is 25.5 Å². The molecule has 5 nitrogen and oxygen atoms in total. The van der Waals surface area contributed by atoms with Gasteiger partial charge in [0.2, 0.25) is 11.8 Å². The Bertz CT molecular complexity index is 927. The lowest BCUT2D eigenvalue weighted by molar-refractivity contribution is -0.146. The zero-order valence-electron chi connectivity index (χ0n) is 20.2. The first-order valence-electron chi connectivity index (χ1n) is 11.5. The molecule has 0 N–H and O–H groups in total. The fourth-order valence-electron chi connectivity index (χ4n) is 4.12. The molecule has 1 atom stereocenters. The van der Waals surface area contributed by atoms with Crippen LogP contribution in [-0.4, -0.2) is 46.8 Å². The van der Waals surface area contributed by atoms with Crippen LogP contribution < -0.4 is 4.74 Å². The van der Waals surface area contributed by atoms with Crippen molar-refractivity contribution in [2.24, 2.45) is 0 Å². The van der Waals surface area contributed by atoms with E-state index < -0.39 is 5.54 Å². The molecule has 1 aromatic heterocycles. The minimum Gasteiger partial charge on any atom is -0.491 e. The zero-order chi connectivity index (χ0) is 23.5. The summed E-state index contributed by atoms with van der Waals surface area (Å²) in [5.41, 5.74) is 2.03. The number of ether oxygens (including phenoxy) is 1. The summed E-state index contributed by atoms with van der Waals surface area (Å²) in [6.45, 7) is 13.2. The molecular formula is C26H36N2O3S. The normalized spacial score (nSPS) is 16.1. The van der Waals surface area contributed by atoms with E-state index in [9.17, 15) is 9.59 Å². The molecule has 0 spiro atoms. The number of benzene rings is 1. The van der Waals surface area contributed by atoms with Gasteiger partial charge in [-0.1, -0.05) is 32.9 Å². The first kappa shape index (κ1) is 24.3. The van der Waals surface area contributed by atoms with E-state index in [1.807, 2.05) is 44.7 Å². The highest BCUT2D eigenvalue weighted by molar-refractivity contribution is 7.10. The number of amides is 2. The molecule has 2 heterocycles. The van der Waals surface area contributed by atoms with Gasteiger partial charge < -0.3 is 14.5 Å². The Morgan fingerprint density at radius 3 is 2.47 bits per heavy atom. The van der Waals surface area contributed by atoms with E-state index in [-0.39, 0.29) is 24.4 Å². The molecule has 0 saturated heterocycles. The van der Waals surface area contributed by atoms with Gasteiger partial charge in [-0.3, -0.25) is 9.59 Å². The maximum atomic E-state index is 13.4. The van der Waals surface area contributed by atoms with Crippen molar-refractivity contribution in [2.75, 3.05) is 19.7 Å². The Morgan fingerprint density at radius 2 is 1.88 bits per heavy atom. The largest absolute Gasteiger partial charge is 0.491 e. The van der Waals surface area contributed by atoms with E-state index in [1.165, 1.54) is 10.4 Å². The second-order valence-electron chi connectivity index (χ2n) is 9.69. The average Bonchev–Trinajstić information content (AvgIpc) is 3.23. The first-order valence-corrected chi connectivity index (χ1v) is 12.4. The van der Waals surface area contributed by atoms with Crippen molar-refractivity contribution in [3.63, 3.8) is 0 Å². The van der Waals surface area contributed by atoms with E-state index in [0.717, 1.165) is 17.7 Å². The standard InChI is InChI=1S/C26H36N2O3S/c1-7-24(29)28(26(4,5)6)16-25(30)27-14-12-23-21(13-15-32-23)22(27)17-31-20-10-8-19(9-11-20)18(2)3/h8-11,13,15,18,22H,7,12,14,16-17H2,1-6H3. The third-order valence-corrected chi connectivity index (χ3v) is 7.07. The van der Waals surface area contributed by atoms with Gasteiger partial charge in [0.15, 0.2) is 0 Å². The number of rotatable bonds is 7. The predicted molar refractivity (Wildman–Crippen MR) is 130 cm³/mol. The molecule has 6 heteroatoms. The Morgan fingerprint density at radius 1 is 1.19 bits per heavy atom. The van der Waals surface area contributed by atoms with Gasteiger partial charge in [0.05, 0.1) is 6.04 Å². The maximum absolute atomic E-state index is 13.4. The Balaban J connectivity index is 1.78. The van der Waals surface area contributed by atoms with Crippen molar-refractivity contribution in [3.05, 3.63) is 51.7 Å². The molecule has 0 fully saturated rings. The molecular weight excluding hydrogens is 420 g/mol. The number of carbonyl (C=O) groups excluding carboxylic acids is 2. The number of hydrogen-bond donors (Lipinski definition) is 0. The molecule has 174 valence electrons. The number of carbonyl (C=O) groups is 2. The summed E-state index contributed by atoms with van der Waals surface area (Å²) in [5.74, 6) is 1.25. The van der Waals surface area contributed by atoms with Crippen molar-refractivity contribution >= 4 is 23.2 Å². The minimum atomic E-state index is -0.407. The molecule has 2 amide bonds. The predicted octanol–water partition coefficient (Wildman–Crippen LogP) is 5.41. The quantitative estimate of drug-likeness (QED) is 0.559. The number of thiophene rings is 1. The smallest absolute Gasteiger partial charge is 0.242 e. The molecule has 1 aromatic carbocycles. The molecule has 1 unspecified atom stereocenters. The van der Waals surface area contributed by atoms with Gasteiger partial charge in [0.25, 0.3) is 0 Å². The van der Waals surface area contributed by atoms with Crippen molar-refractivity contribution in [3.8, 4) is 5.75 Å². The van der Waals surface area contributed by atoms with Crippen molar-refractivity contribution < 1.29 is 14.3 Å². The molecule has 2 aromatic rings. The summed E-state index contributed by atoms with van der Waals surface area (Å²) in [6.07, 6.45) is 1.23. The molecule has 0 saturated carbocycles. The summed E-state index contributed by atoms with van der Waals surface area (Å²) in [4.78, 5) is 30.9. The second kappa shape index (κ2) is 10.1. The summed E-state index contributed by atoms with van der Waals surface area (Å²) >= 11 is 1.74. The Hall–Kier alpha value is -2.34. The highest BCUT2D eigenvalue weighted by Gasteiger charge is 2.35. The number of nitrogens with zero attached hydrogens (tertiary/aromatic N) is 2. The van der Waals surface area contributed by atoms with Crippen LogP contribution in [0.4, 0.5) is 0 Å². The highest BCUT2D eigenvalue weighted by Crippen LogP contribution is 2.34. The summed E-state index contributed by atoms with van der Waals surface area (Å²) in [6, 6.07) is 10.1. The number of hydrogen-bond acceptors (Lipinski definition) is 4. The van der Waals surface area contributed by atoms with Crippen LogP contribution in [0.15, 0.2) is 35.7 Å². The maximum Gasteiger partial charge on any atom is 0.242 e. The van der Waals surface area contributed by atoms with E-state index in [1.54, 1.807) is 16.2 Å². The van der Waals surface area contributed by atoms with Crippen LogP contribution in [0, 0.1) is 0 Å². The van der Waals surface area contributed by atoms with E-state index in [4.69, 9.17) is 4.74 Å². The topological polar surface area (TPSA) is 49.9 Å². The van der Waals surface area contributed by atoms with Crippen molar-refractivity contribution in [2.45, 2.75) is 71.9 Å². The third-order valence-electron chi connectivity index (χ3n) is 6.08. The summed E-state index contributed by atoms with van der Waals surface area (Å²) in [7, 11) is 0. The van der Waals surface area contributed by atoms with E-state index >= 15 is 0 Å². The van der Waals surface area contributed by atoms with Crippen LogP contribution in [0.25, 0.3) is 0 Å². The lowest BCUT2D eigenvalue weighted by atomic mass is 9.99. The molecule has 1 aliphatic rings. The zero-order valence-corrected chi connectivity index (χ0v) is 21.0. The van der Waals surface area contributed by atoms with Gasteiger partial charge >= 0.3 is 0 Å². The third kappa shape index (κ3) is 5.52. The van der Waals surface area contributed by atoms with Crippen LogP contribution >= 0.6 is 11.3 Å². The lowest BCUT2D eigenvalue weighted by Gasteiger charge is -2.40. The van der Waals surface area contributed by atoms with Crippen molar-refractivity contribution in [1.29, 1.82) is 0 Å². The van der Waals surface area contributed by atoms with Crippen molar-refractivity contribution in [1.82, 2.24) is 9.80 Å². The van der Waals surface area contributed by atoms with Crippen LogP contribution in [0.3, 0.4) is 0 Å². The lowest BCUT2D eigenvalue weighted by Crippen LogP contribution is -2.53. The molecule has 32 heavy (non-hydrogen) atoms. The minimum absolute atomic E-state index is 0.00266. The van der Waals surface area contributed by atoms with Gasteiger partial charge in [-0.25, -0.2) is 0 Å². The second-order valence-corrected chi connectivity index (χ2v) is 10.7. The molecule has 0 bridgehead atoms. The average molecular weight is 457 g/mol. The van der Waals surface area contributed by atoms with Crippen LogP contribution in [-0.2, 0) is 16.0 Å². The summed E-state index contributed by atoms with van der Waals surface area (Å²) < 4.78 is 6.16. The monoisotopic (exact) mass is 456 g/mol. The molecule has 0 radical (unpaired) electrons. The molecule has 0 aliphatic carbocycles. The van der Waals surface area contributed by atoms with Crippen LogP contribution in [0.5, 0.6) is 5.75 Å². The van der Waals surface area contributed by atoms with Gasteiger partial charge in [0, 0.05) is 23.4 Å². The SMILES string of the molecule is CCC(=O)N(CC(=O)N1CCc2sccc2C1COc1ccc(C(C)C)cc1)C(C)(C)C. The Labute approximate surface area is 196 Å².